The van der Waals surface area contributed by atoms with Crippen molar-refractivity contribution in [3.63, 3.8) is 0 Å². The highest BCUT2D eigenvalue weighted by Crippen LogP contribution is 2.18. The van der Waals surface area contributed by atoms with E-state index in [1.54, 1.807) is 19.1 Å². The Labute approximate surface area is 109 Å². The van der Waals surface area contributed by atoms with Crippen LogP contribution in [0.1, 0.15) is 12.8 Å². The molecular weight excluding hydrogens is 244 g/mol. The predicted octanol–water partition coefficient (Wildman–Crippen LogP) is 0.267. The Balaban J connectivity index is 0.00000256. The first-order chi connectivity index (χ1) is 7.66. The van der Waals surface area contributed by atoms with E-state index < -0.39 is 6.04 Å². The third kappa shape index (κ3) is 5.21. The zero-order chi connectivity index (χ0) is 12.0. The van der Waals surface area contributed by atoms with Crippen LogP contribution in [0.4, 0.5) is 0 Å². The summed E-state index contributed by atoms with van der Waals surface area (Å²) in [7, 11) is 3.39. The van der Waals surface area contributed by atoms with Crippen LogP contribution in [-0.4, -0.2) is 57.4 Å². The van der Waals surface area contributed by atoms with E-state index in [0.717, 1.165) is 12.8 Å². The van der Waals surface area contributed by atoms with Crippen molar-refractivity contribution in [1.29, 1.82) is 0 Å². The van der Waals surface area contributed by atoms with Gasteiger partial charge in [-0.05, 0) is 18.8 Å². The monoisotopic (exact) mass is 266 g/mol. The van der Waals surface area contributed by atoms with E-state index >= 15 is 0 Å². The minimum atomic E-state index is -0.397. The minimum Gasteiger partial charge on any atom is -0.383 e. The Hall–Kier alpha value is -0.360. The fourth-order valence-corrected chi connectivity index (χ4v) is 1.87. The lowest BCUT2D eigenvalue weighted by Crippen LogP contribution is -2.48. The molecule has 0 saturated carbocycles. The molecule has 1 unspecified atom stereocenters. The highest BCUT2D eigenvalue weighted by molar-refractivity contribution is 5.85. The van der Waals surface area contributed by atoms with Crippen molar-refractivity contribution < 1.29 is 14.3 Å². The number of amides is 1. The summed E-state index contributed by atoms with van der Waals surface area (Å²) in [6.07, 6.45) is 1.76. The number of halogens is 1. The minimum absolute atomic E-state index is 0. The van der Waals surface area contributed by atoms with E-state index in [0.29, 0.717) is 26.4 Å². The molecule has 0 aromatic rings. The summed E-state index contributed by atoms with van der Waals surface area (Å²) in [6.45, 7) is 2.57. The molecular formula is C11H23ClN2O3. The Morgan fingerprint density at radius 1 is 1.53 bits per heavy atom. The van der Waals surface area contributed by atoms with E-state index in [1.165, 1.54) is 0 Å². The van der Waals surface area contributed by atoms with Crippen LogP contribution >= 0.6 is 12.4 Å². The smallest absolute Gasteiger partial charge is 0.239 e. The van der Waals surface area contributed by atoms with Crippen molar-refractivity contribution in [2.45, 2.75) is 18.9 Å². The van der Waals surface area contributed by atoms with Gasteiger partial charge in [-0.3, -0.25) is 4.79 Å². The van der Waals surface area contributed by atoms with Crippen molar-refractivity contribution in [2.75, 3.05) is 40.5 Å². The number of methoxy groups -OCH3 is 1. The van der Waals surface area contributed by atoms with E-state index in [9.17, 15) is 4.79 Å². The van der Waals surface area contributed by atoms with Gasteiger partial charge in [-0.1, -0.05) is 0 Å². The van der Waals surface area contributed by atoms with Crippen LogP contribution in [-0.2, 0) is 14.3 Å². The van der Waals surface area contributed by atoms with Gasteiger partial charge in [0.25, 0.3) is 0 Å². The van der Waals surface area contributed by atoms with Gasteiger partial charge in [0.05, 0.1) is 12.6 Å². The second kappa shape index (κ2) is 8.69. The van der Waals surface area contributed by atoms with Crippen molar-refractivity contribution in [3.05, 3.63) is 0 Å². The van der Waals surface area contributed by atoms with E-state index in [4.69, 9.17) is 15.2 Å². The normalized spacial score (nSPS) is 18.3. The highest BCUT2D eigenvalue weighted by atomic mass is 35.5. The SMILES string of the molecule is COCCN(C)C(=O)C(N)C1CCOCC1.Cl. The summed E-state index contributed by atoms with van der Waals surface area (Å²) in [5, 5.41) is 0. The first-order valence-corrected chi connectivity index (χ1v) is 5.74. The third-order valence-corrected chi connectivity index (χ3v) is 3.07. The number of carbonyl (C=O) groups is 1. The molecule has 1 atom stereocenters. The summed E-state index contributed by atoms with van der Waals surface area (Å²) in [4.78, 5) is 13.6. The number of ether oxygens (including phenoxy) is 2. The Morgan fingerprint density at radius 2 is 2.12 bits per heavy atom. The molecule has 1 aliphatic rings. The molecule has 6 heteroatoms. The number of nitrogens with zero attached hydrogens (tertiary/aromatic N) is 1. The molecule has 17 heavy (non-hydrogen) atoms. The zero-order valence-electron chi connectivity index (χ0n) is 10.6. The predicted molar refractivity (Wildman–Crippen MR) is 68.3 cm³/mol. The van der Waals surface area contributed by atoms with Gasteiger partial charge in [-0.2, -0.15) is 0 Å². The third-order valence-electron chi connectivity index (χ3n) is 3.07. The first kappa shape index (κ1) is 16.6. The largest absolute Gasteiger partial charge is 0.383 e. The Kier molecular flexibility index (Phi) is 8.51. The van der Waals surface area contributed by atoms with Crippen LogP contribution in [0.5, 0.6) is 0 Å². The number of carbonyl (C=O) groups excluding carboxylic acids is 1. The Bertz CT molecular complexity index is 223. The molecule has 0 radical (unpaired) electrons. The summed E-state index contributed by atoms with van der Waals surface area (Å²) < 4.78 is 10.2. The molecule has 1 heterocycles. The molecule has 2 N–H and O–H groups in total. The van der Waals surface area contributed by atoms with Crippen LogP contribution in [0.2, 0.25) is 0 Å². The van der Waals surface area contributed by atoms with Crippen molar-refractivity contribution in [2.24, 2.45) is 11.7 Å². The van der Waals surface area contributed by atoms with E-state index in [1.807, 2.05) is 0 Å². The summed E-state index contributed by atoms with van der Waals surface area (Å²) in [6, 6.07) is -0.397. The van der Waals surface area contributed by atoms with Crippen LogP contribution in [0.15, 0.2) is 0 Å². The van der Waals surface area contributed by atoms with Crippen molar-refractivity contribution >= 4 is 18.3 Å². The number of likely N-dealkylation sites (N-methyl/N-ethyl adjacent to an activating group) is 1. The molecule has 1 rings (SSSR count). The van der Waals surface area contributed by atoms with E-state index in [-0.39, 0.29) is 24.2 Å². The molecule has 1 aliphatic heterocycles. The van der Waals surface area contributed by atoms with Crippen LogP contribution in [0.25, 0.3) is 0 Å². The van der Waals surface area contributed by atoms with Gasteiger partial charge >= 0.3 is 0 Å². The molecule has 0 aromatic heterocycles. The molecule has 0 aromatic carbocycles. The topological polar surface area (TPSA) is 64.8 Å². The molecule has 0 spiro atoms. The van der Waals surface area contributed by atoms with Gasteiger partial charge in [0, 0.05) is 33.9 Å². The standard InChI is InChI=1S/C11H22N2O3.ClH/c1-13(5-8-15-2)11(14)10(12)9-3-6-16-7-4-9;/h9-10H,3-8,12H2,1-2H3;1H. The quantitative estimate of drug-likeness (QED) is 0.776. The fourth-order valence-electron chi connectivity index (χ4n) is 1.87. The first-order valence-electron chi connectivity index (χ1n) is 5.74. The molecule has 1 fully saturated rings. The maximum Gasteiger partial charge on any atom is 0.239 e. The number of rotatable bonds is 5. The van der Waals surface area contributed by atoms with Crippen molar-refractivity contribution in [1.82, 2.24) is 4.90 Å². The van der Waals surface area contributed by atoms with Crippen LogP contribution in [0.3, 0.4) is 0 Å². The fraction of sp³-hybridized carbons (Fsp3) is 0.909. The number of hydrogen-bond donors (Lipinski definition) is 1. The Morgan fingerprint density at radius 3 is 2.65 bits per heavy atom. The molecule has 1 saturated heterocycles. The van der Waals surface area contributed by atoms with Gasteiger partial charge < -0.3 is 20.1 Å². The summed E-state index contributed by atoms with van der Waals surface area (Å²) in [5.41, 5.74) is 5.98. The average molecular weight is 267 g/mol. The van der Waals surface area contributed by atoms with Gasteiger partial charge in [-0.15, -0.1) is 12.4 Å². The number of hydrogen-bond acceptors (Lipinski definition) is 4. The molecule has 102 valence electrons. The molecule has 0 aliphatic carbocycles. The highest BCUT2D eigenvalue weighted by Gasteiger charge is 2.28. The van der Waals surface area contributed by atoms with Crippen LogP contribution < -0.4 is 5.73 Å². The second-order valence-electron chi connectivity index (χ2n) is 4.23. The lowest BCUT2D eigenvalue weighted by molar-refractivity contribution is -0.133. The molecule has 5 nitrogen and oxygen atoms in total. The van der Waals surface area contributed by atoms with Gasteiger partial charge in [0.1, 0.15) is 0 Å². The lowest BCUT2D eigenvalue weighted by atomic mass is 9.91. The summed E-state index contributed by atoms with van der Waals surface area (Å²) in [5.74, 6) is 0.259. The maximum atomic E-state index is 12.0. The second-order valence-corrected chi connectivity index (χ2v) is 4.23. The zero-order valence-corrected chi connectivity index (χ0v) is 11.4. The van der Waals surface area contributed by atoms with Crippen molar-refractivity contribution in [3.8, 4) is 0 Å². The average Bonchev–Trinajstić information content (AvgIpc) is 2.35. The number of nitrogens with two attached hydrogens (primary N) is 1. The lowest BCUT2D eigenvalue weighted by Gasteiger charge is -2.29. The van der Waals surface area contributed by atoms with Crippen LogP contribution in [0, 0.1) is 5.92 Å². The van der Waals surface area contributed by atoms with Gasteiger partial charge in [0.2, 0.25) is 5.91 Å². The van der Waals surface area contributed by atoms with E-state index in [2.05, 4.69) is 0 Å². The summed E-state index contributed by atoms with van der Waals surface area (Å²) >= 11 is 0. The van der Waals surface area contributed by atoms with Gasteiger partial charge in [-0.25, -0.2) is 0 Å². The maximum absolute atomic E-state index is 12.0. The molecule has 1 amide bonds. The van der Waals surface area contributed by atoms with Gasteiger partial charge in [0.15, 0.2) is 0 Å². The molecule has 0 bridgehead atoms.